The van der Waals surface area contributed by atoms with E-state index >= 15 is 0 Å². The van der Waals surface area contributed by atoms with E-state index in [4.69, 9.17) is 0 Å². The van der Waals surface area contributed by atoms with Crippen LogP contribution in [0.5, 0.6) is 0 Å². The molecule has 3 unspecified atom stereocenters. The number of Topliss-reactive ketones (excluding diaryl/α,β-unsaturated/α-hetero) is 1. The van der Waals surface area contributed by atoms with Crippen molar-refractivity contribution in [2.24, 2.45) is 11.3 Å². The third-order valence-corrected chi connectivity index (χ3v) is 4.62. The lowest BCUT2D eigenvalue weighted by atomic mass is 9.80. The average molecular weight is 266 g/mol. The van der Waals surface area contributed by atoms with Crippen LogP contribution in [0, 0.1) is 11.3 Å². The van der Waals surface area contributed by atoms with Gasteiger partial charge in [-0.1, -0.05) is 20.8 Å². The van der Waals surface area contributed by atoms with Crippen LogP contribution in [0.3, 0.4) is 0 Å². The van der Waals surface area contributed by atoms with Crippen LogP contribution in [-0.2, 0) is 4.79 Å². The number of likely N-dealkylation sites (tertiary alicyclic amines) is 1. The minimum absolute atomic E-state index is 0.0466. The van der Waals surface area contributed by atoms with Gasteiger partial charge in [0, 0.05) is 23.5 Å². The molecule has 2 aliphatic heterocycles. The molecule has 2 saturated heterocycles. The van der Waals surface area contributed by atoms with Gasteiger partial charge in [-0.15, -0.1) is 0 Å². The standard InChI is InChI=1S/C16H30N2O/c1-15(2,3)14(19)13-12-11(8-7-9-17-12)10-18(13)16(4,5)6/h11-13,17H,7-10H2,1-6H3. The maximum absolute atomic E-state index is 12.9. The Bertz CT molecular complexity index is 351. The zero-order valence-electron chi connectivity index (χ0n) is 13.4. The molecule has 3 heteroatoms. The van der Waals surface area contributed by atoms with Gasteiger partial charge in [0.15, 0.2) is 5.78 Å². The normalized spacial score (nSPS) is 33.3. The summed E-state index contributed by atoms with van der Waals surface area (Å²) in [5.74, 6) is 1.04. The largest absolute Gasteiger partial charge is 0.312 e. The topological polar surface area (TPSA) is 32.3 Å². The zero-order valence-corrected chi connectivity index (χ0v) is 13.4. The van der Waals surface area contributed by atoms with Crippen LogP contribution in [0.25, 0.3) is 0 Å². The second-order valence-electron chi connectivity index (χ2n) is 8.26. The Labute approximate surface area is 118 Å². The number of rotatable bonds is 1. The van der Waals surface area contributed by atoms with E-state index in [-0.39, 0.29) is 17.0 Å². The van der Waals surface area contributed by atoms with Crippen LogP contribution in [0.2, 0.25) is 0 Å². The van der Waals surface area contributed by atoms with E-state index in [0.717, 1.165) is 13.1 Å². The van der Waals surface area contributed by atoms with Crippen molar-refractivity contribution in [1.82, 2.24) is 10.2 Å². The predicted molar refractivity (Wildman–Crippen MR) is 79.2 cm³/mol. The molecule has 2 rings (SSSR count). The molecule has 2 aliphatic rings. The molecular formula is C16H30N2O. The van der Waals surface area contributed by atoms with Gasteiger partial charge in [0.1, 0.15) is 0 Å². The molecule has 0 spiro atoms. The van der Waals surface area contributed by atoms with Crippen molar-refractivity contribution in [1.29, 1.82) is 0 Å². The lowest BCUT2D eigenvalue weighted by Crippen LogP contribution is -2.57. The minimum Gasteiger partial charge on any atom is -0.312 e. The number of fused-ring (bicyclic) bond motifs is 1. The van der Waals surface area contributed by atoms with Crippen molar-refractivity contribution in [2.45, 2.75) is 72.0 Å². The van der Waals surface area contributed by atoms with Gasteiger partial charge < -0.3 is 5.32 Å². The third-order valence-electron chi connectivity index (χ3n) is 4.62. The number of piperidine rings is 1. The summed E-state index contributed by atoms with van der Waals surface area (Å²) in [6.07, 6.45) is 2.51. The number of ketones is 1. The van der Waals surface area contributed by atoms with Crippen LogP contribution in [0.1, 0.15) is 54.4 Å². The van der Waals surface area contributed by atoms with Crippen LogP contribution >= 0.6 is 0 Å². The van der Waals surface area contributed by atoms with Crippen molar-refractivity contribution in [3.05, 3.63) is 0 Å². The molecule has 0 amide bonds. The molecule has 110 valence electrons. The predicted octanol–water partition coefficient (Wildman–Crippen LogP) is 2.45. The first-order valence-corrected chi connectivity index (χ1v) is 7.67. The summed E-state index contributed by atoms with van der Waals surface area (Å²) in [5.41, 5.74) is -0.202. The fourth-order valence-corrected chi connectivity index (χ4v) is 3.55. The molecule has 1 N–H and O–H groups in total. The summed E-state index contributed by atoms with van der Waals surface area (Å²) in [4.78, 5) is 15.3. The summed E-state index contributed by atoms with van der Waals surface area (Å²) < 4.78 is 0. The molecule has 0 saturated carbocycles. The van der Waals surface area contributed by atoms with Crippen LogP contribution < -0.4 is 5.32 Å². The van der Waals surface area contributed by atoms with Gasteiger partial charge in [0.25, 0.3) is 0 Å². The van der Waals surface area contributed by atoms with E-state index in [1.165, 1.54) is 12.8 Å². The lowest BCUT2D eigenvalue weighted by molar-refractivity contribution is -0.133. The van der Waals surface area contributed by atoms with Gasteiger partial charge in [-0.05, 0) is 46.1 Å². The van der Waals surface area contributed by atoms with Crippen molar-refractivity contribution < 1.29 is 4.79 Å². The Morgan fingerprint density at radius 1 is 1.16 bits per heavy atom. The van der Waals surface area contributed by atoms with Gasteiger partial charge in [-0.3, -0.25) is 9.69 Å². The Morgan fingerprint density at radius 3 is 2.32 bits per heavy atom. The number of nitrogens with zero attached hydrogens (tertiary/aromatic N) is 1. The molecule has 3 nitrogen and oxygen atoms in total. The quantitative estimate of drug-likeness (QED) is 0.791. The summed E-state index contributed by atoms with van der Waals surface area (Å²) >= 11 is 0. The SMILES string of the molecule is CC(C)(C)C(=O)C1C2NCCCC2CN1C(C)(C)C. The molecule has 0 radical (unpaired) electrons. The molecule has 3 atom stereocenters. The minimum atomic E-state index is -0.262. The van der Waals surface area contributed by atoms with Gasteiger partial charge in [-0.25, -0.2) is 0 Å². The van der Waals surface area contributed by atoms with E-state index in [1.807, 2.05) is 20.8 Å². The number of hydrogen-bond acceptors (Lipinski definition) is 3. The second kappa shape index (κ2) is 4.85. The first kappa shape index (κ1) is 15.0. The molecule has 2 fully saturated rings. The van der Waals surface area contributed by atoms with Crippen molar-refractivity contribution in [2.75, 3.05) is 13.1 Å². The highest BCUT2D eigenvalue weighted by Gasteiger charge is 2.51. The highest BCUT2D eigenvalue weighted by atomic mass is 16.1. The number of nitrogens with one attached hydrogen (secondary N) is 1. The summed E-state index contributed by atoms with van der Waals surface area (Å²) in [5, 5.41) is 3.62. The fraction of sp³-hybridized carbons (Fsp3) is 0.938. The highest BCUT2D eigenvalue weighted by Crippen LogP contribution is 2.37. The van der Waals surface area contributed by atoms with Crippen LogP contribution in [-0.4, -0.2) is 41.4 Å². The molecular weight excluding hydrogens is 236 g/mol. The van der Waals surface area contributed by atoms with Crippen molar-refractivity contribution >= 4 is 5.78 Å². The molecule has 0 bridgehead atoms. The smallest absolute Gasteiger partial charge is 0.156 e. The maximum Gasteiger partial charge on any atom is 0.156 e. The maximum atomic E-state index is 12.9. The lowest BCUT2D eigenvalue weighted by Gasteiger charge is -2.40. The van der Waals surface area contributed by atoms with E-state index in [1.54, 1.807) is 0 Å². The van der Waals surface area contributed by atoms with E-state index < -0.39 is 0 Å². The van der Waals surface area contributed by atoms with E-state index in [0.29, 0.717) is 17.7 Å². The Hall–Kier alpha value is -0.410. The summed E-state index contributed by atoms with van der Waals surface area (Å²) in [6.45, 7) is 15.0. The Kier molecular flexibility index (Phi) is 3.83. The zero-order chi connectivity index (χ0) is 14.4. The number of carbonyl (C=O) groups is 1. The molecule has 0 aromatic carbocycles. The Balaban J connectivity index is 2.31. The van der Waals surface area contributed by atoms with Crippen LogP contribution in [0.15, 0.2) is 0 Å². The third kappa shape index (κ3) is 2.87. The van der Waals surface area contributed by atoms with E-state index in [2.05, 4.69) is 31.0 Å². The first-order valence-electron chi connectivity index (χ1n) is 7.67. The van der Waals surface area contributed by atoms with Gasteiger partial charge in [-0.2, -0.15) is 0 Å². The number of carbonyl (C=O) groups excluding carboxylic acids is 1. The van der Waals surface area contributed by atoms with Crippen molar-refractivity contribution in [3.8, 4) is 0 Å². The molecule has 0 aromatic rings. The van der Waals surface area contributed by atoms with Crippen LogP contribution in [0.4, 0.5) is 0 Å². The summed E-state index contributed by atoms with van der Waals surface area (Å²) in [6, 6.07) is 0.407. The average Bonchev–Trinajstić information content (AvgIpc) is 2.65. The Morgan fingerprint density at radius 2 is 1.79 bits per heavy atom. The second-order valence-corrected chi connectivity index (χ2v) is 8.26. The molecule has 0 aliphatic carbocycles. The summed E-state index contributed by atoms with van der Waals surface area (Å²) in [7, 11) is 0. The van der Waals surface area contributed by atoms with E-state index in [9.17, 15) is 4.79 Å². The molecule has 0 aromatic heterocycles. The van der Waals surface area contributed by atoms with Gasteiger partial charge in [0.2, 0.25) is 0 Å². The van der Waals surface area contributed by atoms with Crippen molar-refractivity contribution in [3.63, 3.8) is 0 Å². The van der Waals surface area contributed by atoms with Gasteiger partial charge in [0.05, 0.1) is 6.04 Å². The highest BCUT2D eigenvalue weighted by molar-refractivity contribution is 5.90. The monoisotopic (exact) mass is 266 g/mol. The molecule has 19 heavy (non-hydrogen) atoms. The number of hydrogen-bond donors (Lipinski definition) is 1. The first-order chi connectivity index (χ1) is 8.62. The fourth-order valence-electron chi connectivity index (χ4n) is 3.55. The molecule has 2 heterocycles. The van der Waals surface area contributed by atoms with Gasteiger partial charge >= 0.3 is 0 Å².